The molecule has 0 fully saturated rings. The van der Waals surface area contributed by atoms with Crippen molar-refractivity contribution in [3.63, 3.8) is 0 Å². The summed E-state index contributed by atoms with van der Waals surface area (Å²) >= 11 is 1.03. The Hall–Kier alpha value is -3.40. The molecule has 3 heterocycles. The van der Waals surface area contributed by atoms with Gasteiger partial charge in [-0.2, -0.15) is 0 Å². The summed E-state index contributed by atoms with van der Waals surface area (Å²) in [7, 11) is 1.29. The van der Waals surface area contributed by atoms with E-state index in [1.165, 1.54) is 13.2 Å². The number of nitrogens with one attached hydrogen (secondary N) is 1. The summed E-state index contributed by atoms with van der Waals surface area (Å²) in [5.41, 5.74) is 1.26. The minimum atomic E-state index is -0.502. The zero-order valence-electron chi connectivity index (χ0n) is 15.0. The molecule has 0 atom stereocenters. The Morgan fingerprint density at radius 3 is 2.75 bits per heavy atom. The largest absolute Gasteiger partial charge is 0.486 e. The van der Waals surface area contributed by atoms with Crippen LogP contribution in [0.4, 0.5) is 5.13 Å². The number of hydrogen-bond donors (Lipinski definition) is 1. The fourth-order valence-corrected chi connectivity index (χ4v) is 3.49. The number of aromatic nitrogens is 2. The highest BCUT2D eigenvalue weighted by atomic mass is 32.1. The van der Waals surface area contributed by atoms with E-state index in [2.05, 4.69) is 20.2 Å². The summed E-state index contributed by atoms with van der Waals surface area (Å²) in [6, 6.07) is 6.85. The van der Waals surface area contributed by atoms with Crippen molar-refractivity contribution >= 4 is 28.3 Å². The van der Waals surface area contributed by atoms with Gasteiger partial charge in [-0.25, -0.2) is 9.78 Å². The van der Waals surface area contributed by atoms with Gasteiger partial charge in [0.1, 0.15) is 18.1 Å². The van der Waals surface area contributed by atoms with Crippen LogP contribution in [-0.2, 0) is 4.74 Å². The highest BCUT2D eigenvalue weighted by Crippen LogP contribution is 2.34. The lowest BCUT2D eigenvalue weighted by molar-refractivity contribution is 0.0605. The normalized spacial score (nSPS) is 12.5. The second-order valence-electron chi connectivity index (χ2n) is 5.81. The summed E-state index contributed by atoms with van der Waals surface area (Å²) in [5, 5.41) is 6.68. The molecule has 10 heteroatoms. The van der Waals surface area contributed by atoms with Crippen molar-refractivity contribution < 1.29 is 28.3 Å². The van der Waals surface area contributed by atoms with Gasteiger partial charge in [0.2, 0.25) is 0 Å². The van der Waals surface area contributed by atoms with E-state index in [0.717, 1.165) is 11.3 Å². The van der Waals surface area contributed by atoms with Gasteiger partial charge in [-0.1, -0.05) is 16.5 Å². The Morgan fingerprint density at radius 1 is 1.18 bits per heavy atom. The lowest BCUT2D eigenvalue weighted by atomic mass is 10.1. The number of nitrogens with zero attached hydrogens (tertiary/aromatic N) is 2. The number of thiazole rings is 1. The van der Waals surface area contributed by atoms with Crippen molar-refractivity contribution in [2.75, 3.05) is 25.6 Å². The number of carbonyl (C=O) groups is 2. The maximum Gasteiger partial charge on any atom is 0.350 e. The number of carbonyl (C=O) groups excluding carboxylic acids is 2. The number of fused-ring (bicyclic) bond motifs is 1. The number of benzene rings is 1. The molecule has 2 aromatic heterocycles. The average Bonchev–Trinajstić information content (AvgIpc) is 3.34. The Labute approximate surface area is 163 Å². The minimum Gasteiger partial charge on any atom is -0.486 e. The molecule has 1 aliphatic rings. The standard InChI is InChI=1S/C18H15N3O6S/c1-9-15(17(23)24-2)28-18(19-9)20-16(22)11-8-13(27-21-11)10-3-4-12-14(7-10)26-6-5-25-12/h3-4,7-8H,5-6H2,1-2H3,(H,19,20,22). The van der Waals surface area contributed by atoms with Gasteiger partial charge in [-0.05, 0) is 25.1 Å². The van der Waals surface area contributed by atoms with E-state index in [-0.39, 0.29) is 10.8 Å². The van der Waals surface area contributed by atoms with Gasteiger partial charge in [-0.3, -0.25) is 10.1 Å². The van der Waals surface area contributed by atoms with Gasteiger partial charge < -0.3 is 18.7 Å². The van der Waals surface area contributed by atoms with Gasteiger partial charge in [0, 0.05) is 11.6 Å². The van der Waals surface area contributed by atoms with Crippen molar-refractivity contribution in [2.24, 2.45) is 0 Å². The van der Waals surface area contributed by atoms with Crippen LogP contribution in [0.5, 0.6) is 11.5 Å². The number of aryl methyl sites for hydroxylation is 1. The first-order chi connectivity index (χ1) is 13.5. The highest BCUT2D eigenvalue weighted by molar-refractivity contribution is 7.17. The topological polar surface area (TPSA) is 113 Å². The second-order valence-corrected chi connectivity index (χ2v) is 6.81. The summed E-state index contributed by atoms with van der Waals surface area (Å²) in [6.45, 7) is 2.64. The zero-order chi connectivity index (χ0) is 19.7. The van der Waals surface area contributed by atoms with E-state index in [1.54, 1.807) is 25.1 Å². The Kier molecular flexibility index (Phi) is 4.70. The highest BCUT2D eigenvalue weighted by Gasteiger charge is 2.20. The number of methoxy groups -OCH3 is 1. The molecule has 1 aliphatic heterocycles. The molecular weight excluding hydrogens is 386 g/mol. The van der Waals surface area contributed by atoms with Crippen molar-refractivity contribution in [1.29, 1.82) is 0 Å². The first kappa shape index (κ1) is 18.0. The van der Waals surface area contributed by atoms with Crippen LogP contribution in [0.2, 0.25) is 0 Å². The Balaban J connectivity index is 1.51. The number of anilines is 1. The van der Waals surface area contributed by atoms with Crippen molar-refractivity contribution in [1.82, 2.24) is 10.1 Å². The number of ether oxygens (including phenoxy) is 3. The van der Waals surface area contributed by atoms with Crippen molar-refractivity contribution in [2.45, 2.75) is 6.92 Å². The van der Waals surface area contributed by atoms with Crippen LogP contribution >= 0.6 is 11.3 Å². The summed E-state index contributed by atoms with van der Waals surface area (Å²) in [4.78, 5) is 28.6. The van der Waals surface area contributed by atoms with E-state index >= 15 is 0 Å². The molecular formula is C18H15N3O6S. The first-order valence-corrected chi connectivity index (χ1v) is 9.10. The molecule has 1 aromatic carbocycles. The van der Waals surface area contributed by atoms with Crippen LogP contribution < -0.4 is 14.8 Å². The molecule has 0 saturated carbocycles. The first-order valence-electron chi connectivity index (χ1n) is 8.29. The molecule has 0 aliphatic carbocycles. The molecule has 3 aromatic rings. The lowest BCUT2D eigenvalue weighted by Crippen LogP contribution is -2.15. The third-order valence-corrected chi connectivity index (χ3v) is 5.01. The van der Waals surface area contributed by atoms with E-state index in [0.29, 0.717) is 46.6 Å². The van der Waals surface area contributed by atoms with Gasteiger partial charge in [-0.15, -0.1) is 0 Å². The van der Waals surface area contributed by atoms with Gasteiger partial charge in [0.15, 0.2) is 28.1 Å². The van der Waals surface area contributed by atoms with E-state index in [4.69, 9.17) is 14.0 Å². The van der Waals surface area contributed by atoms with E-state index < -0.39 is 11.9 Å². The van der Waals surface area contributed by atoms with Crippen LogP contribution in [-0.4, -0.2) is 42.3 Å². The smallest absolute Gasteiger partial charge is 0.350 e. The molecule has 4 rings (SSSR count). The maximum absolute atomic E-state index is 12.4. The molecule has 0 radical (unpaired) electrons. The summed E-state index contributed by atoms with van der Waals surface area (Å²) in [6.07, 6.45) is 0. The second kappa shape index (κ2) is 7.31. The SMILES string of the molecule is COC(=O)c1sc(NC(=O)c2cc(-c3ccc4c(c3)OCCO4)on2)nc1C. The fourth-order valence-electron chi connectivity index (χ4n) is 2.61. The lowest BCUT2D eigenvalue weighted by Gasteiger charge is -2.18. The monoisotopic (exact) mass is 401 g/mol. The maximum atomic E-state index is 12.4. The predicted molar refractivity (Wildman–Crippen MR) is 99.1 cm³/mol. The molecule has 144 valence electrons. The molecule has 1 amide bonds. The van der Waals surface area contributed by atoms with Crippen molar-refractivity contribution in [3.8, 4) is 22.8 Å². The molecule has 1 N–H and O–H groups in total. The molecule has 0 saturated heterocycles. The van der Waals surface area contributed by atoms with Crippen LogP contribution in [0.1, 0.15) is 25.9 Å². The Bertz CT molecular complexity index is 1060. The number of rotatable bonds is 4. The van der Waals surface area contributed by atoms with Gasteiger partial charge >= 0.3 is 5.97 Å². The molecule has 28 heavy (non-hydrogen) atoms. The number of hydrogen-bond acceptors (Lipinski definition) is 9. The average molecular weight is 401 g/mol. The Morgan fingerprint density at radius 2 is 1.96 bits per heavy atom. The quantitative estimate of drug-likeness (QED) is 0.664. The summed E-state index contributed by atoms with van der Waals surface area (Å²) < 4.78 is 21.0. The third kappa shape index (κ3) is 3.41. The third-order valence-electron chi connectivity index (χ3n) is 3.96. The van der Waals surface area contributed by atoms with Crippen molar-refractivity contribution in [3.05, 3.63) is 40.5 Å². The van der Waals surface area contributed by atoms with Crippen LogP contribution in [0.25, 0.3) is 11.3 Å². The van der Waals surface area contributed by atoms with Gasteiger partial charge in [0.25, 0.3) is 5.91 Å². The summed E-state index contributed by atoms with van der Waals surface area (Å²) in [5.74, 6) is 0.677. The van der Waals surface area contributed by atoms with Crippen LogP contribution in [0.15, 0.2) is 28.8 Å². The molecule has 0 spiro atoms. The van der Waals surface area contributed by atoms with E-state index in [9.17, 15) is 9.59 Å². The molecule has 9 nitrogen and oxygen atoms in total. The number of amides is 1. The van der Waals surface area contributed by atoms with Crippen LogP contribution in [0, 0.1) is 6.92 Å². The van der Waals surface area contributed by atoms with Crippen LogP contribution in [0.3, 0.4) is 0 Å². The zero-order valence-corrected chi connectivity index (χ0v) is 15.8. The molecule has 0 bridgehead atoms. The molecule has 0 unspecified atom stereocenters. The van der Waals surface area contributed by atoms with Gasteiger partial charge in [0.05, 0.1) is 12.8 Å². The number of esters is 1. The predicted octanol–water partition coefficient (Wildman–Crippen LogP) is 2.92. The van der Waals surface area contributed by atoms with E-state index in [1.807, 2.05) is 0 Å². The fraction of sp³-hybridized carbons (Fsp3) is 0.222. The minimum absolute atomic E-state index is 0.0809.